The van der Waals surface area contributed by atoms with E-state index in [1.165, 1.54) is 13.0 Å². The summed E-state index contributed by atoms with van der Waals surface area (Å²) >= 11 is 0. The number of nitro groups is 1. The first-order valence-electron chi connectivity index (χ1n) is 8.27. The van der Waals surface area contributed by atoms with Gasteiger partial charge in [-0.3, -0.25) is 14.9 Å². The molecule has 0 radical (unpaired) electrons. The molecule has 2 aromatic rings. The van der Waals surface area contributed by atoms with Crippen LogP contribution in [0.4, 0.5) is 11.5 Å². The van der Waals surface area contributed by atoms with Gasteiger partial charge in [0.2, 0.25) is 5.91 Å². The number of anilines is 1. The van der Waals surface area contributed by atoms with E-state index in [9.17, 15) is 14.9 Å². The van der Waals surface area contributed by atoms with Gasteiger partial charge < -0.3 is 10.2 Å². The predicted octanol–water partition coefficient (Wildman–Crippen LogP) is 2.76. The zero-order valence-corrected chi connectivity index (χ0v) is 14.0. The number of hydrogen-bond donors (Lipinski definition) is 1. The first kappa shape index (κ1) is 16.9. The van der Waals surface area contributed by atoms with E-state index >= 15 is 0 Å². The molecule has 2 heterocycles. The highest BCUT2D eigenvalue weighted by Gasteiger charge is 2.24. The number of nitrogens with zero attached hydrogens (tertiary/aromatic N) is 3. The highest BCUT2D eigenvalue weighted by atomic mass is 16.6. The van der Waals surface area contributed by atoms with Crippen molar-refractivity contribution in [2.24, 2.45) is 0 Å². The summed E-state index contributed by atoms with van der Waals surface area (Å²) in [5.41, 5.74) is 1.07. The Morgan fingerprint density at radius 2 is 2.04 bits per heavy atom. The number of amides is 1. The lowest BCUT2D eigenvalue weighted by Gasteiger charge is -2.33. The molecule has 1 aromatic carbocycles. The minimum atomic E-state index is -0.407. The SMILES string of the molecule is CC(=O)N[C@@H]1CCCN(c2ccc([N+](=O)[O-])c(-c3ccccc3)n2)C1. The van der Waals surface area contributed by atoms with Gasteiger partial charge >= 0.3 is 0 Å². The van der Waals surface area contributed by atoms with Gasteiger partial charge in [0.05, 0.1) is 4.92 Å². The molecule has 130 valence electrons. The van der Waals surface area contributed by atoms with E-state index in [-0.39, 0.29) is 17.6 Å². The second-order valence-corrected chi connectivity index (χ2v) is 6.15. The number of carbonyl (C=O) groups excluding carboxylic acids is 1. The van der Waals surface area contributed by atoms with E-state index in [4.69, 9.17) is 0 Å². The van der Waals surface area contributed by atoms with Crippen LogP contribution in [0.15, 0.2) is 42.5 Å². The van der Waals surface area contributed by atoms with Gasteiger partial charge in [0.1, 0.15) is 5.82 Å². The molecule has 0 spiro atoms. The van der Waals surface area contributed by atoms with Crippen molar-refractivity contribution in [3.8, 4) is 11.3 Å². The van der Waals surface area contributed by atoms with Gasteiger partial charge in [0, 0.05) is 37.7 Å². The molecule has 1 saturated heterocycles. The Morgan fingerprint density at radius 1 is 1.28 bits per heavy atom. The van der Waals surface area contributed by atoms with Gasteiger partial charge in [-0.2, -0.15) is 0 Å². The number of nitrogens with one attached hydrogen (secondary N) is 1. The monoisotopic (exact) mass is 340 g/mol. The van der Waals surface area contributed by atoms with Crippen molar-refractivity contribution < 1.29 is 9.72 Å². The van der Waals surface area contributed by atoms with Gasteiger partial charge in [0.15, 0.2) is 5.69 Å². The largest absolute Gasteiger partial charge is 0.355 e. The Labute approximate surface area is 145 Å². The predicted molar refractivity (Wildman–Crippen MR) is 95.4 cm³/mol. The van der Waals surface area contributed by atoms with Crippen molar-refractivity contribution in [1.82, 2.24) is 10.3 Å². The van der Waals surface area contributed by atoms with Crippen molar-refractivity contribution >= 4 is 17.4 Å². The van der Waals surface area contributed by atoms with E-state index in [2.05, 4.69) is 15.2 Å². The van der Waals surface area contributed by atoms with Gasteiger partial charge in [-0.15, -0.1) is 0 Å². The Kier molecular flexibility index (Phi) is 4.92. The molecule has 0 saturated carbocycles. The third kappa shape index (κ3) is 3.93. The zero-order chi connectivity index (χ0) is 17.8. The van der Waals surface area contributed by atoms with Crippen LogP contribution < -0.4 is 10.2 Å². The van der Waals surface area contributed by atoms with E-state index < -0.39 is 4.92 Å². The average molecular weight is 340 g/mol. The fourth-order valence-electron chi connectivity index (χ4n) is 3.16. The number of rotatable bonds is 4. The Morgan fingerprint density at radius 3 is 2.72 bits per heavy atom. The Balaban J connectivity index is 1.92. The van der Waals surface area contributed by atoms with Crippen LogP contribution in [-0.2, 0) is 4.79 Å². The molecule has 1 aliphatic rings. The minimum Gasteiger partial charge on any atom is -0.355 e. The summed E-state index contributed by atoms with van der Waals surface area (Å²) in [6, 6.07) is 12.4. The van der Waals surface area contributed by atoms with Gasteiger partial charge in [0.25, 0.3) is 5.69 Å². The van der Waals surface area contributed by atoms with Crippen LogP contribution in [0.5, 0.6) is 0 Å². The molecule has 1 atom stereocenters. The molecule has 1 aromatic heterocycles. The maximum Gasteiger partial charge on any atom is 0.295 e. The fraction of sp³-hybridized carbons (Fsp3) is 0.333. The highest BCUT2D eigenvalue weighted by molar-refractivity contribution is 5.73. The molecule has 7 nitrogen and oxygen atoms in total. The van der Waals surface area contributed by atoms with Crippen molar-refractivity contribution in [3.63, 3.8) is 0 Å². The second-order valence-electron chi connectivity index (χ2n) is 6.15. The van der Waals surface area contributed by atoms with Crippen LogP contribution in [0.25, 0.3) is 11.3 Å². The number of aromatic nitrogens is 1. The first-order valence-corrected chi connectivity index (χ1v) is 8.27. The van der Waals surface area contributed by atoms with Crippen LogP contribution in [0.1, 0.15) is 19.8 Å². The summed E-state index contributed by atoms with van der Waals surface area (Å²) < 4.78 is 0. The highest BCUT2D eigenvalue weighted by Crippen LogP contribution is 2.31. The molecule has 3 rings (SSSR count). The first-order chi connectivity index (χ1) is 12.0. The van der Waals surface area contributed by atoms with Crippen LogP contribution in [0.2, 0.25) is 0 Å². The normalized spacial score (nSPS) is 17.2. The number of benzene rings is 1. The third-order valence-corrected chi connectivity index (χ3v) is 4.26. The molecule has 0 aliphatic carbocycles. The standard InChI is InChI=1S/C18H20N4O3/c1-13(23)19-15-8-5-11-21(12-15)17-10-9-16(22(24)25)18(20-17)14-6-3-2-4-7-14/h2-4,6-7,9-10,15H,5,8,11-12H2,1H3,(H,19,23)/t15-/m1/s1. The summed E-state index contributed by atoms with van der Waals surface area (Å²) in [7, 11) is 0. The summed E-state index contributed by atoms with van der Waals surface area (Å²) in [5, 5.41) is 14.3. The number of carbonyl (C=O) groups is 1. The third-order valence-electron chi connectivity index (χ3n) is 4.26. The van der Waals surface area contributed by atoms with Crippen molar-refractivity contribution in [2.75, 3.05) is 18.0 Å². The second kappa shape index (κ2) is 7.29. The quantitative estimate of drug-likeness (QED) is 0.683. The zero-order valence-electron chi connectivity index (χ0n) is 14.0. The van der Waals surface area contributed by atoms with Crippen molar-refractivity contribution in [1.29, 1.82) is 0 Å². The summed E-state index contributed by atoms with van der Waals surface area (Å²) in [4.78, 5) is 28.9. The Hall–Kier alpha value is -2.96. The smallest absolute Gasteiger partial charge is 0.295 e. The molecule has 0 unspecified atom stereocenters. The molecule has 25 heavy (non-hydrogen) atoms. The van der Waals surface area contributed by atoms with Gasteiger partial charge in [-0.05, 0) is 18.9 Å². The Bertz CT molecular complexity index is 779. The molecule has 7 heteroatoms. The molecular weight excluding hydrogens is 320 g/mol. The molecule has 0 bridgehead atoms. The van der Waals surface area contributed by atoms with Crippen molar-refractivity contribution in [2.45, 2.75) is 25.8 Å². The van der Waals surface area contributed by atoms with E-state index in [1.807, 2.05) is 30.3 Å². The summed E-state index contributed by atoms with van der Waals surface area (Å²) in [5.74, 6) is 0.646. The maximum absolute atomic E-state index is 11.4. The molecule has 1 amide bonds. The molecule has 1 N–H and O–H groups in total. The maximum atomic E-state index is 11.4. The topological polar surface area (TPSA) is 88.4 Å². The number of piperidine rings is 1. The van der Waals surface area contributed by atoms with Crippen LogP contribution in [0, 0.1) is 10.1 Å². The summed E-state index contributed by atoms with van der Waals surface area (Å²) in [6.45, 7) is 2.98. The molecular formula is C18H20N4O3. The van der Waals surface area contributed by atoms with Crippen LogP contribution in [0.3, 0.4) is 0 Å². The molecule has 1 aliphatic heterocycles. The average Bonchev–Trinajstić information content (AvgIpc) is 2.61. The van der Waals surface area contributed by atoms with Crippen molar-refractivity contribution in [3.05, 3.63) is 52.6 Å². The number of hydrogen-bond acceptors (Lipinski definition) is 5. The number of pyridine rings is 1. The fourth-order valence-corrected chi connectivity index (χ4v) is 3.16. The minimum absolute atomic E-state index is 0.00892. The van der Waals surface area contributed by atoms with Crippen LogP contribution in [-0.4, -0.2) is 34.9 Å². The lowest BCUT2D eigenvalue weighted by atomic mass is 10.1. The lowest BCUT2D eigenvalue weighted by Crippen LogP contribution is -2.47. The van der Waals surface area contributed by atoms with Gasteiger partial charge in [-0.1, -0.05) is 30.3 Å². The van der Waals surface area contributed by atoms with E-state index in [0.29, 0.717) is 23.6 Å². The van der Waals surface area contributed by atoms with E-state index in [0.717, 1.165) is 19.4 Å². The van der Waals surface area contributed by atoms with Gasteiger partial charge in [-0.25, -0.2) is 4.98 Å². The lowest BCUT2D eigenvalue weighted by molar-refractivity contribution is -0.384. The summed E-state index contributed by atoms with van der Waals surface area (Å²) in [6.07, 6.45) is 1.86. The molecule has 1 fully saturated rings. The van der Waals surface area contributed by atoms with Crippen LogP contribution >= 0.6 is 0 Å². The van der Waals surface area contributed by atoms with E-state index in [1.54, 1.807) is 6.07 Å².